The van der Waals surface area contributed by atoms with Crippen LogP contribution in [0.15, 0.2) is 18.2 Å². The molecule has 1 heterocycles. The molecule has 5 nitrogen and oxygen atoms in total. The van der Waals surface area contributed by atoms with E-state index in [0.29, 0.717) is 25.7 Å². The molecule has 0 spiro atoms. The molecule has 0 aliphatic carbocycles. The van der Waals surface area contributed by atoms with Crippen LogP contribution in [0, 0.1) is 5.41 Å². The molecule has 0 aromatic heterocycles. The Balaban J connectivity index is 2.23. The fraction of sp³-hybridized carbons (Fsp3) is 0.611. The molecule has 2 N–H and O–H groups in total. The Bertz CT molecular complexity index is 525. The molecule has 1 aromatic rings. The van der Waals surface area contributed by atoms with Crippen molar-refractivity contribution in [3.05, 3.63) is 29.3 Å². The van der Waals surface area contributed by atoms with Crippen LogP contribution >= 0.6 is 0 Å². The van der Waals surface area contributed by atoms with Crippen molar-refractivity contribution in [2.45, 2.75) is 52.4 Å². The molecule has 1 aliphatic rings. The van der Waals surface area contributed by atoms with E-state index in [1.807, 2.05) is 32.0 Å². The third-order valence-corrected chi connectivity index (χ3v) is 3.86. The van der Waals surface area contributed by atoms with Crippen LogP contribution in [0.25, 0.3) is 0 Å². The van der Waals surface area contributed by atoms with E-state index in [0.717, 1.165) is 23.3 Å². The van der Waals surface area contributed by atoms with Crippen LogP contribution < -0.4 is 10.1 Å². The quantitative estimate of drug-likeness (QED) is 0.509. The summed E-state index contributed by atoms with van der Waals surface area (Å²) in [7, 11) is 0. The Morgan fingerprint density at radius 2 is 1.78 bits per heavy atom. The zero-order valence-electron chi connectivity index (χ0n) is 14.4. The van der Waals surface area contributed by atoms with E-state index < -0.39 is 5.91 Å². The number of unbranched alkanes of at least 4 members (excludes halogenated alkanes) is 3. The van der Waals surface area contributed by atoms with Gasteiger partial charge in [0.25, 0.3) is 5.91 Å². The summed E-state index contributed by atoms with van der Waals surface area (Å²) in [5.74, 6) is -0.0791. The number of rotatable bonds is 10. The van der Waals surface area contributed by atoms with E-state index in [2.05, 4.69) is 12.2 Å². The van der Waals surface area contributed by atoms with Crippen LogP contribution in [0.3, 0.4) is 0 Å². The first-order valence-corrected chi connectivity index (χ1v) is 8.59. The molecule has 0 fully saturated rings. The number of amidine groups is 1. The Morgan fingerprint density at radius 3 is 2.43 bits per heavy atom. The van der Waals surface area contributed by atoms with E-state index in [1.54, 1.807) is 0 Å². The summed E-state index contributed by atoms with van der Waals surface area (Å²) in [5.41, 5.74) is 1.56. The number of hydrogen-bond donors (Lipinski definition) is 2. The maximum Gasteiger partial charge on any atom is 0.283 e. The summed E-state index contributed by atoms with van der Waals surface area (Å²) in [5, 5.41) is 11.2. The molecule has 1 aliphatic heterocycles. The molecular formula is C18H28N2O3. The standard InChI is InChI=1S/C18H28N2O3/c1-4-7-8-9-13-21-15-12-10-11-14-16(15)18(22-5-2,23-6-3)20-17(14)19/h10-12H,4-9,13H2,1-3H3,(H2,19,20). The van der Waals surface area contributed by atoms with Gasteiger partial charge >= 0.3 is 0 Å². The van der Waals surface area contributed by atoms with E-state index in [-0.39, 0.29) is 0 Å². The summed E-state index contributed by atoms with van der Waals surface area (Å²) in [4.78, 5) is 0. The van der Waals surface area contributed by atoms with Gasteiger partial charge in [-0.25, -0.2) is 0 Å². The van der Waals surface area contributed by atoms with Crippen LogP contribution in [-0.2, 0) is 15.4 Å². The second kappa shape index (κ2) is 8.31. The van der Waals surface area contributed by atoms with Gasteiger partial charge in [0.15, 0.2) is 0 Å². The lowest BCUT2D eigenvalue weighted by Crippen LogP contribution is -2.44. The van der Waals surface area contributed by atoms with Gasteiger partial charge in [0, 0.05) is 18.8 Å². The van der Waals surface area contributed by atoms with Gasteiger partial charge in [-0.2, -0.15) is 0 Å². The zero-order valence-corrected chi connectivity index (χ0v) is 14.4. The van der Waals surface area contributed by atoms with Crippen molar-refractivity contribution in [3.8, 4) is 5.75 Å². The molecule has 23 heavy (non-hydrogen) atoms. The van der Waals surface area contributed by atoms with Gasteiger partial charge in [0.05, 0.1) is 12.2 Å². The van der Waals surface area contributed by atoms with Gasteiger partial charge in [0.1, 0.15) is 11.6 Å². The molecule has 0 unspecified atom stereocenters. The van der Waals surface area contributed by atoms with E-state index in [9.17, 15) is 0 Å². The molecule has 0 bridgehead atoms. The molecule has 0 saturated carbocycles. The number of nitrogens with one attached hydrogen (secondary N) is 2. The van der Waals surface area contributed by atoms with Gasteiger partial charge < -0.3 is 19.5 Å². The molecule has 0 saturated heterocycles. The average Bonchev–Trinajstić information content (AvgIpc) is 2.81. The third kappa shape index (κ3) is 3.85. The van der Waals surface area contributed by atoms with Crippen molar-refractivity contribution in [1.82, 2.24) is 5.32 Å². The molecular weight excluding hydrogens is 292 g/mol. The smallest absolute Gasteiger partial charge is 0.283 e. The first kappa shape index (κ1) is 17.8. The highest BCUT2D eigenvalue weighted by molar-refractivity contribution is 6.02. The van der Waals surface area contributed by atoms with E-state index in [4.69, 9.17) is 19.6 Å². The fourth-order valence-electron chi connectivity index (χ4n) is 2.87. The Labute approximate surface area is 138 Å². The second-order valence-corrected chi connectivity index (χ2v) is 5.57. The van der Waals surface area contributed by atoms with Crippen molar-refractivity contribution >= 4 is 5.84 Å². The van der Waals surface area contributed by atoms with Crippen molar-refractivity contribution in [2.24, 2.45) is 0 Å². The van der Waals surface area contributed by atoms with Crippen LogP contribution in [0.2, 0.25) is 0 Å². The summed E-state index contributed by atoms with van der Waals surface area (Å²) < 4.78 is 17.7. The van der Waals surface area contributed by atoms with Crippen molar-refractivity contribution in [1.29, 1.82) is 5.41 Å². The monoisotopic (exact) mass is 320 g/mol. The van der Waals surface area contributed by atoms with Gasteiger partial charge in [0.2, 0.25) is 0 Å². The number of hydrogen-bond acceptors (Lipinski definition) is 4. The van der Waals surface area contributed by atoms with E-state index >= 15 is 0 Å². The second-order valence-electron chi connectivity index (χ2n) is 5.57. The maximum absolute atomic E-state index is 8.18. The van der Waals surface area contributed by atoms with Crippen molar-refractivity contribution in [2.75, 3.05) is 19.8 Å². The predicted molar refractivity (Wildman–Crippen MR) is 91.0 cm³/mol. The minimum atomic E-state index is -1.12. The molecule has 128 valence electrons. The average molecular weight is 320 g/mol. The first-order chi connectivity index (χ1) is 11.2. The summed E-state index contributed by atoms with van der Waals surface area (Å²) in [6.07, 6.45) is 4.63. The molecule has 2 rings (SSSR count). The van der Waals surface area contributed by atoms with Crippen LogP contribution in [0.4, 0.5) is 0 Å². The first-order valence-electron chi connectivity index (χ1n) is 8.59. The van der Waals surface area contributed by atoms with Gasteiger partial charge in [-0.05, 0) is 26.3 Å². The molecule has 5 heteroatoms. The Kier molecular flexibility index (Phi) is 6.42. The zero-order chi connectivity index (χ0) is 16.7. The topological polar surface area (TPSA) is 63.6 Å². The molecule has 0 atom stereocenters. The third-order valence-electron chi connectivity index (χ3n) is 3.86. The minimum absolute atomic E-state index is 0.304. The number of fused-ring (bicyclic) bond motifs is 1. The highest BCUT2D eigenvalue weighted by atomic mass is 16.7. The maximum atomic E-state index is 8.18. The molecule has 0 radical (unpaired) electrons. The van der Waals surface area contributed by atoms with Crippen LogP contribution in [0.5, 0.6) is 5.75 Å². The summed E-state index contributed by atoms with van der Waals surface area (Å²) >= 11 is 0. The van der Waals surface area contributed by atoms with Crippen LogP contribution in [-0.4, -0.2) is 25.7 Å². The highest BCUT2D eigenvalue weighted by Gasteiger charge is 2.46. The lowest BCUT2D eigenvalue weighted by Gasteiger charge is -2.30. The minimum Gasteiger partial charge on any atom is -0.493 e. The largest absolute Gasteiger partial charge is 0.493 e. The summed E-state index contributed by atoms with van der Waals surface area (Å²) in [6, 6.07) is 5.73. The normalized spacial score (nSPS) is 15.3. The fourth-order valence-corrected chi connectivity index (χ4v) is 2.87. The van der Waals surface area contributed by atoms with E-state index in [1.165, 1.54) is 19.3 Å². The van der Waals surface area contributed by atoms with Gasteiger partial charge in [-0.1, -0.05) is 38.3 Å². The molecule has 1 aromatic carbocycles. The number of ether oxygens (including phenoxy) is 3. The van der Waals surface area contributed by atoms with Gasteiger partial charge in [-0.15, -0.1) is 0 Å². The highest BCUT2D eigenvalue weighted by Crippen LogP contribution is 2.40. The molecule has 0 amide bonds. The Hall–Kier alpha value is -1.59. The van der Waals surface area contributed by atoms with Gasteiger partial charge in [-0.3, -0.25) is 5.41 Å². The lowest BCUT2D eigenvalue weighted by molar-refractivity contribution is -0.250. The van der Waals surface area contributed by atoms with Crippen molar-refractivity contribution < 1.29 is 14.2 Å². The van der Waals surface area contributed by atoms with Crippen molar-refractivity contribution in [3.63, 3.8) is 0 Å². The lowest BCUT2D eigenvalue weighted by atomic mass is 10.1. The van der Waals surface area contributed by atoms with Crippen LogP contribution in [0.1, 0.15) is 57.6 Å². The number of benzene rings is 1. The summed E-state index contributed by atoms with van der Waals surface area (Å²) in [6.45, 7) is 7.64. The Morgan fingerprint density at radius 1 is 1.04 bits per heavy atom. The predicted octanol–water partition coefficient (Wildman–Crippen LogP) is 3.76. The SMILES string of the molecule is CCCCCCOc1cccc2c1C(OCC)(OCC)NC2=N.